The van der Waals surface area contributed by atoms with Crippen molar-refractivity contribution in [1.82, 2.24) is 14.7 Å². The lowest BCUT2D eigenvalue weighted by Crippen LogP contribution is -2.55. The normalized spacial score (nSPS) is 20.9. The van der Waals surface area contributed by atoms with Gasteiger partial charge in [-0.2, -0.15) is 0 Å². The third-order valence-corrected chi connectivity index (χ3v) is 5.09. The van der Waals surface area contributed by atoms with Crippen molar-refractivity contribution >= 4 is 12.2 Å². The van der Waals surface area contributed by atoms with E-state index in [1.54, 1.807) is 9.80 Å². The topological polar surface area (TPSA) is 73.3 Å². The SMILES string of the molecule is CC(C)(C)OC(=O)N1CCN(CC2Cc3ccccc3CN2C(=O)O)CC1. The highest BCUT2D eigenvalue weighted by Gasteiger charge is 2.32. The first-order chi connectivity index (χ1) is 12.7. The lowest BCUT2D eigenvalue weighted by atomic mass is 9.94. The summed E-state index contributed by atoms with van der Waals surface area (Å²) in [4.78, 5) is 29.4. The van der Waals surface area contributed by atoms with Gasteiger partial charge in [-0.3, -0.25) is 9.80 Å². The van der Waals surface area contributed by atoms with Gasteiger partial charge in [-0.15, -0.1) is 0 Å². The number of carbonyl (C=O) groups is 2. The summed E-state index contributed by atoms with van der Waals surface area (Å²) in [6.07, 6.45) is -0.419. The average molecular weight is 375 g/mol. The van der Waals surface area contributed by atoms with E-state index in [2.05, 4.69) is 11.0 Å². The average Bonchev–Trinajstić information content (AvgIpc) is 2.60. The number of piperazine rings is 1. The molecule has 2 aliphatic heterocycles. The van der Waals surface area contributed by atoms with Gasteiger partial charge in [0.15, 0.2) is 0 Å². The number of carbonyl (C=O) groups excluding carboxylic acids is 1. The smallest absolute Gasteiger partial charge is 0.410 e. The van der Waals surface area contributed by atoms with E-state index < -0.39 is 11.7 Å². The van der Waals surface area contributed by atoms with Crippen LogP contribution < -0.4 is 0 Å². The molecule has 1 atom stereocenters. The molecule has 7 heteroatoms. The minimum absolute atomic E-state index is 0.0644. The zero-order chi connectivity index (χ0) is 19.6. The van der Waals surface area contributed by atoms with Gasteiger partial charge in [-0.1, -0.05) is 24.3 Å². The van der Waals surface area contributed by atoms with E-state index in [4.69, 9.17) is 4.74 Å². The molecule has 0 aromatic heterocycles. The van der Waals surface area contributed by atoms with Crippen LogP contribution in [0.3, 0.4) is 0 Å². The fourth-order valence-corrected chi connectivity index (χ4v) is 3.71. The molecule has 0 aliphatic carbocycles. The van der Waals surface area contributed by atoms with Crippen LogP contribution in [-0.4, -0.2) is 76.4 Å². The molecular weight excluding hydrogens is 346 g/mol. The maximum atomic E-state index is 12.2. The molecule has 148 valence electrons. The molecule has 0 saturated carbocycles. The highest BCUT2D eigenvalue weighted by atomic mass is 16.6. The molecule has 3 rings (SSSR count). The van der Waals surface area contributed by atoms with Crippen molar-refractivity contribution in [3.63, 3.8) is 0 Å². The van der Waals surface area contributed by atoms with Crippen molar-refractivity contribution in [2.75, 3.05) is 32.7 Å². The standard InChI is InChI=1S/C20H29N3O4/c1-20(2,3)27-19(26)22-10-8-21(9-11-22)14-17-12-15-6-4-5-7-16(15)13-23(17)18(24)25/h4-7,17H,8-14H2,1-3H3,(H,24,25). The van der Waals surface area contributed by atoms with Crippen molar-refractivity contribution in [1.29, 1.82) is 0 Å². The molecule has 27 heavy (non-hydrogen) atoms. The van der Waals surface area contributed by atoms with Crippen LogP contribution >= 0.6 is 0 Å². The van der Waals surface area contributed by atoms with E-state index >= 15 is 0 Å². The van der Waals surface area contributed by atoms with Gasteiger partial charge in [0.25, 0.3) is 0 Å². The Kier molecular flexibility index (Phi) is 5.60. The van der Waals surface area contributed by atoms with Crippen molar-refractivity contribution in [2.45, 2.75) is 45.4 Å². The first-order valence-electron chi connectivity index (χ1n) is 9.49. The van der Waals surface area contributed by atoms with Crippen LogP contribution in [0, 0.1) is 0 Å². The summed E-state index contributed by atoms with van der Waals surface area (Å²) in [6.45, 7) is 9.37. The minimum Gasteiger partial charge on any atom is -0.465 e. The van der Waals surface area contributed by atoms with Crippen molar-refractivity contribution in [2.24, 2.45) is 0 Å². The van der Waals surface area contributed by atoms with Gasteiger partial charge in [0.2, 0.25) is 0 Å². The second-order valence-corrected chi connectivity index (χ2v) is 8.31. The predicted octanol–water partition coefficient (Wildman–Crippen LogP) is 2.64. The number of ether oxygens (including phenoxy) is 1. The molecule has 0 radical (unpaired) electrons. The van der Waals surface area contributed by atoms with E-state index in [-0.39, 0.29) is 12.1 Å². The quantitative estimate of drug-likeness (QED) is 0.860. The minimum atomic E-state index is -0.873. The van der Waals surface area contributed by atoms with Crippen LogP contribution in [0.4, 0.5) is 9.59 Å². The fourth-order valence-electron chi connectivity index (χ4n) is 3.71. The Bertz CT molecular complexity index is 693. The summed E-state index contributed by atoms with van der Waals surface area (Å²) in [7, 11) is 0. The lowest BCUT2D eigenvalue weighted by Gasteiger charge is -2.41. The van der Waals surface area contributed by atoms with Crippen LogP contribution in [0.2, 0.25) is 0 Å². The van der Waals surface area contributed by atoms with Gasteiger partial charge in [0, 0.05) is 39.3 Å². The van der Waals surface area contributed by atoms with Gasteiger partial charge < -0.3 is 14.7 Å². The second-order valence-electron chi connectivity index (χ2n) is 8.31. The summed E-state index contributed by atoms with van der Waals surface area (Å²) >= 11 is 0. The maximum Gasteiger partial charge on any atom is 0.410 e. The summed E-state index contributed by atoms with van der Waals surface area (Å²) in [5.74, 6) is 0. The summed E-state index contributed by atoms with van der Waals surface area (Å²) < 4.78 is 5.43. The number of amides is 2. The first-order valence-corrected chi connectivity index (χ1v) is 9.49. The number of rotatable bonds is 2. The van der Waals surface area contributed by atoms with Gasteiger partial charge in [0.1, 0.15) is 5.60 Å². The fraction of sp³-hybridized carbons (Fsp3) is 0.600. The Balaban J connectivity index is 1.58. The van der Waals surface area contributed by atoms with Crippen molar-refractivity contribution in [3.8, 4) is 0 Å². The molecule has 1 aromatic carbocycles. The number of hydrogen-bond acceptors (Lipinski definition) is 4. The van der Waals surface area contributed by atoms with Gasteiger partial charge in [-0.05, 0) is 38.3 Å². The zero-order valence-electron chi connectivity index (χ0n) is 16.4. The summed E-state index contributed by atoms with van der Waals surface area (Å²) in [6, 6.07) is 7.98. The molecule has 2 aliphatic rings. The first kappa shape index (κ1) is 19.5. The summed E-state index contributed by atoms with van der Waals surface area (Å²) in [5.41, 5.74) is 1.82. The molecule has 1 aromatic rings. The van der Waals surface area contributed by atoms with Crippen LogP contribution in [0.25, 0.3) is 0 Å². The van der Waals surface area contributed by atoms with Crippen molar-refractivity contribution < 1.29 is 19.4 Å². The largest absolute Gasteiger partial charge is 0.465 e. The van der Waals surface area contributed by atoms with Crippen LogP contribution in [0.15, 0.2) is 24.3 Å². The molecule has 2 heterocycles. The van der Waals surface area contributed by atoms with Crippen LogP contribution in [0.5, 0.6) is 0 Å². The lowest BCUT2D eigenvalue weighted by molar-refractivity contribution is 0.0118. The molecule has 0 bridgehead atoms. The molecule has 7 nitrogen and oxygen atoms in total. The highest BCUT2D eigenvalue weighted by Crippen LogP contribution is 2.24. The Morgan fingerprint density at radius 3 is 2.33 bits per heavy atom. The van der Waals surface area contributed by atoms with Gasteiger partial charge >= 0.3 is 12.2 Å². The zero-order valence-corrected chi connectivity index (χ0v) is 16.4. The van der Waals surface area contributed by atoms with Gasteiger partial charge in [-0.25, -0.2) is 9.59 Å². The number of hydrogen-bond donors (Lipinski definition) is 1. The van der Waals surface area contributed by atoms with E-state index in [0.717, 1.165) is 25.1 Å². The molecular formula is C20H29N3O4. The van der Waals surface area contributed by atoms with E-state index in [1.165, 1.54) is 5.56 Å². The number of fused-ring (bicyclic) bond motifs is 1. The third-order valence-electron chi connectivity index (χ3n) is 5.09. The molecule has 1 saturated heterocycles. The number of nitrogens with zero attached hydrogens (tertiary/aromatic N) is 3. The molecule has 1 fully saturated rings. The molecule has 2 amide bonds. The van der Waals surface area contributed by atoms with E-state index in [9.17, 15) is 14.7 Å². The van der Waals surface area contributed by atoms with E-state index in [1.807, 2.05) is 39.0 Å². The third kappa shape index (κ3) is 4.91. The Labute approximate surface area is 160 Å². The Morgan fingerprint density at radius 1 is 1.11 bits per heavy atom. The van der Waals surface area contributed by atoms with Gasteiger partial charge in [0.05, 0.1) is 6.04 Å². The Morgan fingerprint density at radius 2 is 1.74 bits per heavy atom. The predicted molar refractivity (Wildman–Crippen MR) is 102 cm³/mol. The maximum absolute atomic E-state index is 12.2. The van der Waals surface area contributed by atoms with Crippen LogP contribution in [-0.2, 0) is 17.7 Å². The van der Waals surface area contributed by atoms with E-state index in [0.29, 0.717) is 26.2 Å². The monoisotopic (exact) mass is 375 g/mol. The second kappa shape index (κ2) is 7.76. The molecule has 1 unspecified atom stereocenters. The van der Waals surface area contributed by atoms with Crippen LogP contribution in [0.1, 0.15) is 31.9 Å². The number of carboxylic acid groups (broad SMARTS) is 1. The number of benzene rings is 1. The molecule has 0 spiro atoms. The Hall–Kier alpha value is -2.28. The summed E-state index contributed by atoms with van der Waals surface area (Å²) in [5, 5.41) is 9.62. The van der Waals surface area contributed by atoms with Crippen molar-refractivity contribution in [3.05, 3.63) is 35.4 Å². The highest BCUT2D eigenvalue weighted by molar-refractivity contribution is 5.68. The molecule has 1 N–H and O–H groups in total.